The lowest BCUT2D eigenvalue weighted by Crippen LogP contribution is -2.49. The van der Waals surface area contributed by atoms with Crippen LogP contribution in [0.1, 0.15) is 51.1 Å². The summed E-state index contributed by atoms with van der Waals surface area (Å²) in [6.45, 7) is 5.47. The number of hydrogen-bond acceptors (Lipinski definition) is 2. The second-order valence-corrected chi connectivity index (χ2v) is 6.29. The molecule has 3 rings (SSSR count). The first-order valence-corrected chi connectivity index (χ1v) is 7.95. The molecule has 0 spiro atoms. The van der Waals surface area contributed by atoms with Gasteiger partial charge in [0.15, 0.2) is 0 Å². The van der Waals surface area contributed by atoms with Crippen LogP contribution in [0.25, 0.3) is 0 Å². The van der Waals surface area contributed by atoms with Crippen LogP contribution in [0.15, 0.2) is 24.3 Å². The van der Waals surface area contributed by atoms with E-state index in [-0.39, 0.29) is 5.82 Å². The summed E-state index contributed by atoms with van der Waals surface area (Å²) in [5, 5.41) is 3.61. The standard InChI is InChI=1S/C17H25FN2/c1-3-19-15-10-16-7-8-17(11-15)20(16)12(2)13-5-4-6-14(18)9-13/h4-6,9,12,15-17,19H,3,7-8,10-11H2,1-2H3. The molecule has 0 saturated carbocycles. The SMILES string of the molecule is CCNC1CC2CCC(C1)N2C(C)c1cccc(F)c1. The van der Waals surface area contributed by atoms with Crippen LogP contribution in [-0.2, 0) is 0 Å². The van der Waals surface area contributed by atoms with Crippen LogP contribution in [0.3, 0.4) is 0 Å². The molecule has 2 saturated heterocycles. The van der Waals surface area contributed by atoms with Gasteiger partial charge in [0.1, 0.15) is 5.82 Å². The Morgan fingerprint density at radius 2 is 2.00 bits per heavy atom. The molecule has 2 aliphatic heterocycles. The zero-order valence-electron chi connectivity index (χ0n) is 12.5. The molecule has 0 aliphatic carbocycles. The first-order chi connectivity index (χ1) is 9.69. The highest BCUT2D eigenvalue weighted by atomic mass is 19.1. The van der Waals surface area contributed by atoms with Gasteiger partial charge in [0.2, 0.25) is 0 Å². The van der Waals surface area contributed by atoms with Crippen LogP contribution in [-0.4, -0.2) is 29.6 Å². The van der Waals surface area contributed by atoms with Gasteiger partial charge in [-0.2, -0.15) is 0 Å². The van der Waals surface area contributed by atoms with E-state index in [1.807, 2.05) is 6.07 Å². The van der Waals surface area contributed by atoms with Gasteiger partial charge in [-0.05, 0) is 56.8 Å². The van der Waals surface area contributed by atoms with E-state index in [2.05, 4.69) is 30.1 Å². The van der Waals surface area contributed by atoms with Crippen LogP contribution in [0.4, 0.5) is 4.39 Å². The van der Waals surface area contributed by atoms with Gasteiger partial charge in [-0.1, -0.05) is 19.1 Å². The zero-order chi connectivity index (χ0) is 14.1. The second-order valence-electron chi connectivity index (χ2n) is 6.29. The van der Waals surface area contributed by atoms with E-state index in [0.717, 1.165) is 12.1 Å². The van der Waals surface area contributed by atoms with E-state index in [1.54, 1.807) is 6.07 Å². The average molecular weight is 276 g/mol. The Bertz CT molecular complexity index is 448. The molecular formula is C17H25FN2. The zero-order valence-corrected chi connectivity index (χ0v) is 12.5. The second kappa shape index (κ2) is 5.82. The Balaban J connectivity index is 1.75. The Kier molecular flexibility index (Phi) is 4.08. The Hall–Kier alpha value is -0.930. The van der Waals surface area contributed by atoms with Gasteiger partial charge >= 0.3 is 0 Å². The monoisotopic (exact) mass is 276 g/mol. The fraction of sp³-hybridized carbons (Fsp3) is 0.647. The first kappa shape index (κ1) is 14.0. The number of halogens is 1. The molecule has 0 aromatic heterocycles. The summed E-state index contributed by atoms with van der Waals surface area (Å²) in [4.78, 5) is 2.64. The van der Waals surface area contributed by atoms with Crippen LogP contribution in [0.2, 0.25) is 0 Å². The number of rotatable bonds is 4. The third kappa shape index (κ3) is 2.61. The van der Waals surface area contributed by atoms with Gasteiger partial charge in [-0.15, -0.1) is 0 Å². The molecule has 3 atom stereocenters. The number of fused-ring (bicyclic) bond motifs is 2. The van der Waals surface area contributed by atoms with Gasteiger partial charge in [-0.25, -0.2) is 4.39 Å². The number of nitrogens with zero attached hydrogens (tertiary/aromatic N) is 1. The Morgan fingerprint density at radius 1 is 1.30 bits per heavy atom. The summed E-state index contributed by atoms with van der Waals surface area (Å²) in [7, 11) is 0. The fourth-order valence-corrected chi connectivity index (χ4v) is 4.24. The van der Waals surface area contributed by atoms with Crippen molar-refractivity contribution in [2.24, 2.45) is 0 Å². The van der Waals surface area contributed by atoms with Crippen molar-refractivity contribution < 1.29 is 4.39 Å². The normalized spacial score (nSPS) is 31.4. The predicted octanol–water partition coefficient (Wildman–Crippen LogP) is 3.49. The highest BCUT2D eigenvalue weighted by Gasteiger charge is 2.42. The van der Waals surface area contributed by atoms with Gasteiger partial charge in [0, 0.05) is 24.2 Å². The maximum Gasteiger partial charge on any atom is 0.123 e. The largest absolute Gasteiger partial charge is 0.314 e. The molecule has 0 radical (unpaired) electrons. The first-order valence-electron chi connectivity index (χ1n) is 7.95. The quantitative estimate of drug-likeness (QED) is 0.905. The summed E-state index contributed by atoms with van der Waals surface area (Å²) < 4.78 is 13.4. The van der Waals surface area contributed by atoms with Crippen molar-refractivity contribution in [1.82, 2.24) is 10.2 Å². The van der Waals surface area contributed by atoms with Gasteiger partial charge in [0.25, 0.3) is 0 Å². The maximum atomic E-state index is 13.4. The molecule has 2 aliphatic rings. The molecule has 1 N–H and O–H groups in total. The van der Waals surface area contributed by atoms with Crippen LogP contribution < -0.4 is 5.32 Å². The van der Waals surface area contributed by atoms with E-state index in [0.29, 0.717) is 24.2 Å². The summed E-state index contributed by atoms with van der Waals surface area (Å²) in [5.74, 6) is -0.121. The minimum atomic E-state index is -0.121. The Labute approximate surface area is 121 Å². The summed E-state index contributed by atoms with van der Waals surface area (Å²) in [6, 6.07) is 9.44. The molecule has 1 aromatic carbocycles. The molecule has 110 valence electrons. The van der Waals surface area contributed by atoms with Crippen molar-refractivity contribution in [3.8, 4) is 0 Å². The molecule has 0 amide bonds. The van der Waals surface area contributed by atoms with Crippen LogP contribution >= 0.6 is 0 Å². The third-order valence-electron chi connectivity index (χ3n) is 5.06. The lowest BCUT2D eigenvalue weighted by Gasteiger charge is -2.43. The van der Waals surface area contributed by atoms with Gasteiger partial charge < -0.3 is 5.32 Å². The minimum absolute atomic E-state index is 0.121. The van der Waals surface area contributed by atoms with Crippen molar-refractivity contribution in [2.75, 3.05) is 6.54 Å². The third-order valence-corrected chi connectivity index (χ3v) is 5.06. The molecule has 2 bridgehead atoms. The number of piperidine rings is 1. The summed E-state index contributed by atoms with van der Waals surface area (Å²) in [6.07, 6.45) is 5.08. The molecule has 20 heavy (non-hydrogen) atoms. The highest BCUT2D eigenvalue weighted by Crippen LogP contribution is 2.41. The lowest BCUT2D eigenvalue weighted by molar-refractivity contribution is 0.0774. The average Bonchev–Trinajstić information content (AvgIpc) is 2.70. The molecule has 3 heteroatoms. The van der Waals surface area contributed by atoms with Gasteiger partial charge in [0.05, 0.1) is 0 Å². The van der Waals surface area contributed by atoms with E-state index < -0.39 is 0 Å². The maximum absolute atomic E-state index is 13.4. The molecule has 2 nitrogen and oxygen atoms in total. The molecule has 3 unspecified atom stereocenters. The topological polar surface area (TPSA) is 15.3 Å². The summed E-state index contributed by atoms with van der Waals surface area (Å²) in [5.41, 5.74) is 1.11. The predicted molar refractivity (Wildman–Crippen MR) is 80.2 cm³/mol. The van der Waals surface area contributed by atoms with Crippen LogP contribution in [0.5, 0.6) is 0 Å². The Morgan fingerprint density at radius 3 is 2.60 bits per heavy atom. The van der Waals surface area contributed by atoms with E-state index >= 15 is 0 Å². The van der Waals surface area contributed by atoms with Crippen LogP contribution in [0, 0.1) is 5.82 Å². The number of hydrogen-bond donors (Lipinski definition) is 1. The number of nitrogens with one attached hydrogen (secondary N) is 1. The van der Waals surface area contributed by atoms with Gasteiger partial charge in [-0.3, -0.25) is 4.90 Å². The van der Waals surface area contributed by atoms with E-state index in [9.17, 15) is 4.39 Å². The molecular weight excluding hydrogens is 251 g/mol. The molecule has 1 aromatic rings. The van der Waals surface area contributed by atoms with Crippen molar-refractivity contribution >= 4 is 0 Å². The van der Waals surface area contributed by atoms with Crippen molar-refractivity contribution in [3.05, 3.63) is 35.6 Å². The minimum Gasteiger partial charge on any atom is -0.314 e. The van der Waals surface area contributed by atoms with E-state index in [1.165, 1.54) is 31.7 Å². The van der Waals surface area contributed by atoms with Crippen molar-refractivity contribution in [3.63, 3.8) is 0 Å². The van der Waals surface area contributed by atoms with Crippen molar-refractivity contribution in [1.29, 1.82) is 0 Å². The lowest BCUT2D eigenvalue weighted by atomic mass is 9.93. The highest BCUT2D eigenvalue weighted by molar-refractivity contribution is 5.21. The summed E-state index contributed by atoms with van der Waals surface area (Å²) >= 11 is 0. The van der Waals surface area contributed by atoms with E-state index in [4.69, 9.17) is 0 Å². The van der Waals surface area contributed by atoms with Crippen molar-refractivity contribution in [2.45, 2.75) is 63.7 Å². The molecule has 2 fully saturated rings. The smallest absolute Gasteiger partial charge is 0.123 e. The number of benzene rings is 1. The molecule has 2 heterocycles. The fourth-order valence-electron chi connectivity index (χ4n) is 4.24.